The largest absolute Gasteiger partial charge is 0.466 e. The molecule has 1 atom stereocenters. The van der Waals surface area contributed by atoms with Crippen molar-refractivity contribution in [2.45, 2.75) is 26.3 Å². The van der Waals surface area contributed by atoms with Crippen LogP contribution >= 0.6 is 15.9 Å². The fraction of sp³-hybridized carbons (Fsp3) is 0.667. The Bertz CT molecular complexity index is 362. The normalized spacial score (nSPS) is 22.5. The average molecular weight is 287 g/mol. The van der Waals surface area contributed by atoms with Gasteiger partial charge in [-0.05, 0) is 40.4 Å². The van der Waals surface area contributed by atoms with Crippen LogP contribution in [0.3, 0.4) is 0 Å². The van der Waals surface area contributed by atoms with Gasteiger partial charge >= 0.3 is 0 Å². The number of rotatable bonds is 3. The number of likely N-dealkylation sites (tertiary alicyclic amines) is 1. The molecule has 1 aromatic heterocycles. The van der Waals surface area contributed by atoms with Crippen molar-refractivity contribution < 1.29 is 4.42 Å². The minimum atomic E-state index is 0.200. The molecule has 0 aromatic carbocycles. The monoisotopic (exact) mass is 286 g/mol. The van der Waals surface area contributed by atoms with E-state index in [4.69, 9.17) is 10.2 Å². The molecule has 2 rings (SSSR count). The summed E-state index contributed by atoms with van der Waals surface area (Å²) in [4.78, 5) is 2.42. The van der Waals surface area contributed by atoms with Gasteiger partial charge in [-0.1, -0.05) is 13.8 Å². The number of halogens is 1. The molecule has 1 fully saturated rings. The minimum Gasteiger partial charge on any atom is -0.466 e. The van der Waals surface area contributed by atoms with Crippen LogP contribution in [0.15, 0.2) is 21.2 Å². The molecule has 4 heteroatoms. The van der Waals surface area contributed by atoms with Gasteiger partial charge in [-0.3, -0.25) is 4.90 Å². The lowest BCUT2D eigenvalue weighted by molar-refractivity contribution is 0.198. The molecule has 2 N–H and O–H groups in total. The zero-order valence-electron chi connectivity index (χ0n) is 9.87. The minimum absolute atomic E-state index is 0.200. The molecule has 1 aliphatic rings. The highest BCUT2D eigenvalue weighted by Crippen LogP contribution is 2.36. The van der Waals surface area contributed by atoms with E-state index in [1.165, 1.54) is 6.42 Å². The van der Waals surface area contributed by atoms with Gasteiger partial charge in [0.05, 0.1) is 16.8 Å². The summed E-state index contributed by atoms with van der Waals surface area (Å²) in [7, 11) is 0. The summed E-state index contributed by atoms with van der Waals surface area (Å²) in [5.41, 5.74) is 6.27. The summed E-state index contributed by atoms with van der Waals surface area (Å²) in [6, 6.07) is 2.13. The molecule has 0 spiro atoms. The summed E-state index contributed by atoms with van der Waals surface area (Å²) in [6.45, 7) is 7.39. The SMILES string of the molecule is CC1(C)CCN(C(CN)c2occc2Br)C1. The van der Waals surface area contributed by atoms with Gasteiger partial charge in [0.1, 0.15) is 5.76 Å². The second-order valence-electron chi connectivity index (χ2n) is 5.27. The van der Waals surface area contributed by atoms with Crippen molar-refractivity contribution in [2.24, 2.45) is 11.1 Å². The highest BCUT2D eigenvalue weighted by molar-refractivity contribution is 9.10. The fourth-order valence-electron chi connectivity index (χ4n) is 2.39. The summed E-state index contributed by atoms with van der Waals surface area (Å²) >= 11 is 3.51. The Morgan fingerprint density at radius 3 is 2.81 bits per heavy atom. The van der Waals surface area contributed by atoms with Crippen LogP contribution in [0.5, 0.6) is 0 Å². The third kappa shape index (κ3) is 2.34. The van der Waals surface area contributed by atoms with Crippen molar-refractivity contribution in [3.8, 4) is 0 Å². The number of nitrogens with zero attached hydrogens (tertiary/aromatic N) is 1. The Balaban J connectivity index is 2.16. The van der Waals surface area contributed by atoms with E-state index in [9.17, 15) is 0 Å². The highest BCUT2D eigenvalue weighted by Gasteiger charge is 2.35. The summed E-state index contributed by atoms with van der Waals surface area (Å²) in [6.07, 6.45) is 2.94. The quantitative estimate of drug-likeness (QED) is 0.929. The van der Waals surface area contributed by atoms with Crippen LogP contribution in [0.4, 0.5) is 0 Å². The third-order valence-electron chi connectivity index (χ3n) is 3.32. The van der Waals surface area contributed by atoms with Gasteiger partial charge < -0.3 is 10.2 Å². The molecular weight excluding hydrogens is 268 g/mol. The lowest BCUT2D eigenvalue weighted by atomic mass is 9.93. The van der Waals surface area contributed by atoms with Gasteiger partial charge in [-0.25, -0.2) is 0 Å². The summed E-state index contributed by atoms with van der Waals surface area (Å²) in [5.74, 6) is 0.959. The third-order valence-corrected chi connectivity index (χ3v) is 3.97. The number of hydrogen-bond acceptors (Lipinski definition) is 3. The van der Waals surface area contributed by atoms with Crippen molar-refractivity contribution >= 4 is 15.9 Å². The first kappa shape index (κ1) is 12.1. The molecule has 1 aromatic rings. The molecule has 0 bridgehead atoms. The van der Waals surface area contributed by atoms with E-state index in [0.29, 0.717) is 12.0 Å². The van der Waals surface area contributed by atoms with Gasteiger partial charge in [0.15, 0.2) is 0 Å². The number of nitrogens with two attached hydrogens (primary N) is 1. The summed E-state index contributed by atoms with van der Waals surface area (Å²) < 4.78 is 6.55. The van der Waals surface area contributed by atoms with Gasteiger partial charge in [0, 0.05) is 13.1 Å². The van der Waals surface area contributed by atoms with E-state index in [1.807, 2.05) is 6.07 Å². The van der Waals surface area contributed by atoms with E-state index in [1.54, 1.807) is 6.26 Å². The lowest BCUT2D eigenvalue weighted by Gasteiger charge is -2.26. The van der Waals surface area contributed by atoms with E-state index in [-0.39, 0.29) is 6.04 Å². The first-order valence-corrected chi connectivity index (χ1v) is 6.50. The first-order valence-electron chi connectivity index (χ1n) is 5.70. The topological polar surface area (TPSA) is 42.4 Å². The molecule has 1 saturated heterocycles. The van der Waals surface area contributed by atoms with Crippen molar-refractivity contribution in [1.29, 1.82) is 0 Å². The molecule has 0 saturated carbocycles. The maximum Gasteiger partial charge on any atom is 0.136 e. The molecule has 16 heavy (non-hydrogen) atoms. The van der Waals surface area contributed by atoms with Crippen LogP contribution in [-0.2, 0) is 0 Å². The van der Waals surface area contributed by atoms with Crippen molar-refractivity contribution in [3.63, 3.8) is 0 Å². The van der Waals surface area contributed by atoms with Gasteiger partial charge in [-0.15, -0.1) is 0 Å². The molecule has 1 unspecified atom stereocenters. The first-order chi connectivity index (χ1) is 7.53. The molecule has 0 amide bonds. The smallest absolute Gasteiger partial charge is 0.136 e. The molecule has 90 valence electrons. The number of furan rings is 1. The van der Waals surface area contributed by atoms with Crippen molar-refractivity contribution in [2.75, 3.05) is 19.6 Å². The zero-order chi connectivity index (χ0) is 11.8. The van der Waals surface area contributed by atoms with Crippen LogP contribution in [0, 0.1) is 5.41 Å². The van der Waals surface area contributed by atoms with Crippen LogP contribution in [0.2, 0.25) is 0 Å². The highest BCUT2D eigenvalue weighted by atomic mass is 79.9. The maximum atomic E-state index is 5.88. The van der Waals surface area contributed by atoms with Crippen LogP contribution in [-0.4, -0.2) is 24.5 Å². The lowest BCUT2D eigenvalue weighted by Crippen LogP contribution is -2.33. The van der Waals surface area contributed by atoms with Gasteiger partial charge in [0.25, 0.3) is 0 Å². The van der Waals surface area contributed by atoms with Gasteiger partial charge in [0.2, 0.25) is 0 Å². The molecular formula is C12H19BrN2O. The molecule has 3 nitrogen and oxygen atoms in total. The van der Waals surface area contributed by atoms with Crippen molar-refractivity contribution in [1.82, 2.24) is 4.90 Å². The Labute approximate surface area is 105 Å². The van der Waals surface area contributed by atoms with E-state index < -0.39 is 0 Å². The zero-order valence-corrected chi connectivity index (χ0v) is 11.5. The van der Waals surface area contributed by atoms with Gasteiger partial charge in [-0.2, -0.15) is 0 Å². The number of hydrogen-bond donors (Lipinski definition) is 1. The standard InChI is InChI=1S/C12H19BrN2O/c1-12(2)4-5-15(8-12)10(7-14)11-9(13)3-6-16-11/h3,6,10H,4-5,7-8,14H2,1-2H3. The molecule has 1 aliphatic heterocycles. The van der Waals surface area contributed by atoms with Crippen LogP contribution in [0.25, 0.3) is 0 Å². The summed E-state index contributed by atoms with van der Waals surface area (Å²) in [5, 5.41) is 0. The van der Waals surface area contributed by atoms with E-state index >= 15 is 0 Å². The fourth-order valence-corrected chi connectivity index (χ4v) is 2.85. The second kappa shape index (κ2) is 4.51. The van der Waals surface area contributed by atoms with Crippen LogP contribution in [0.1, 0.15) is 32.1 Å². The Morgan fingerprint density at radius 1 is 1.62 bits per heavy atom. The Hall–Kier alpha value is -0.320. The second-order valence-corrected chi connectivity index (χ2v) is 6.12. The molecule has 0 radical (unpaired) electrons. The van der Waals surface area contributed by atoms with E-state index in [0.717, 1.165) is 23.3 Å². The van der Waals surface area contributed by atoms with E-state index in [2.05, 4.69) is 34.7 Å². The molecule has 0 aliphatic carbocycles. The van der Waals surface area contributed by atoms with Crippen LogP contribution < -0.4 is 5.73 Å². The maximum absolute atomic E-state index is 5.88. The Kier molecular flexibility index (Phi) is 3.42. The predicted octanol–water partition coefficient (Wildman–Crippen LogP) is 2.77. The average Bonchev–Trinajstić information content (AvgIpc) is 2.76. The molecule has 2 heterocycles. The van der Waals surface area contributed by atoms with Crippen molar-refractivity contribution in [3.05, 3.63) is 22.6 Å². The predicted molar refractivity (Wildman–Crippen MR) is 68.2 cm³/mol. The Morgan fingerprint density at radius 2 is 2.38 bits per heavy atom.